The molecule has 0 spiro atoms. The summed E-state index contributed by atoms with van der Waals surface area (Å²) in [5.41, 5.74) is 4.30. The molecule has 0 saturated heterocycles. The largest absolute Gasteiger partial charge is 0.342 e. The topological polar surface area (TPSA) is 112 Å². The van der Waals surface area contributed by atoms with Crippen molar-refractivity contribution >= 4 is 22.5 Å². The van der Waals surface area contributed by atoms with Crippen molar-refractivity contribution in [1.29, 1.82) is 0 Å². The highest BCUT2D eigenvalue weighted by molar-refractivity contribution is 6.01. The lowest BCUT2D eigenvalue weighted by molar-refractivity contribution is 0.0938. The molecular formula is C31H26N8O2. The van der Waals surface area contributed by atoms with Gasteiger partial charge in [-0.3, -0.25) is 18.8 Å². The normalized spacial score (nSPS) is 11.8. The summed E-state index contributed by atoms with van der Waals surface area (Å²) >= 11 is 0. The summed E-state index contributed by atoms with van der Waals surface area (Å²) in [5, 5.41) is 12.0. The number of aromatic nitrogens is 7. The number of nitrogens with zero attached hydrogens (tertiary/aromatic N) is 7. The first-order chi connectivity index (χ1) is 19.8. The molecule has 6 rings (SSSR count). The monoisotopic (exact) mass is 542 g/mol. The van der Waals surface area contributed by atoms with Crippen LogP contribution in [0.1, 0.15) is 51.7 Å². The van der Waals surface area contributed by atoms with Crippen LogP contribution in [0.5, 0.6) is 0 Å². The van der Waals surface area contributed by atoms with Gasteiger partial charge in [0.05, 0.1) is 40.1 Å². The molecule has 10 heteroatoms. The zero-order valence-corrected chi connectivity index (χ0v) is 23.0. The average molecular weight is 543 g/mol. The average Bonchev–Trinajstić information content (AvgIpc) is 3.53. The molecule has 4 aromatic heterocycles. The first-order valence-electron chi connectivity index (χ1n) is 13.1. The minimum atomic E-state index is -0.635. The van der Waals surface area contributed by atoms with Gasteiger partial charge in [-0.15, -0.1) is 0 Å². The highest BCUT2D eigenvalue weighted by atomic mass is 16.2. The van der Waals surface area contributed by atoms with Gasteiger partial charge in [0.25, 0.3) is 11.5 Å². The van der Waals surface area contributed by atoms with Crippen molar-refractivity contribution in [3.63, 3.8) is 0 Å². The smallest absolute Gasteiger partial charge is 0.267 e. The number of aryl methyl sites for hydroxylation is 3. The maximum absolute atomic E-state index is 14.2. The van der Waals surface area contributed by atoms with Crippen molar-refractivity contribution in [2.75, 3.05) is 0 Å². The van der Waals surface area contributed by atoms with E-state index in [4.69, 9.17) is 4.98 Å². The van der Waals surface area contributed by atoms with Crippen LogP contribution >= 0.6 is 0 Å². The molecule has 6 aromatic rings. The van der Waals surface area contributed by atoms with Crippen LogP contribution in [-0.4, -0.2) is 39.8 Å². The number of amides is 1. The number of hydrogen-bond acceptors (Lipinski definition) is 6. The van der Waals surface area contributed by atoms with E-state index in [9.17, 15) is 9.59 Å². The fraction of sp³-hybridized carbons (Fsp3) is 0.161. The van der Waals surface area contributed by atoms with Gasteiger partial charge in [0.2, 0.25) is 0 Å². The van der Waals surface area contributed by atoms with Crippen LogP contribution < -0.4 is 10.9 Å². The maximum Gasteiger partial charge on any atom is 0.267 e. The molecule has 0 radical (unpaired) electrons. The van der Waals surface area contributed by atoms with Crippen LogP contribution in [-0.2, 0) is 7.05 Å². The van der Waals surface area contributed by atoms with Crippen molar-refractivity contribution < 1.29 is 4.79 Å². The number of para-hydroxylation sites is 1. The van der Waals surface area contributed by atoms with Gasteiger partial charge in [0.15, 0.2) is 5.65 Å². The van der Waals surface area contributed by atoms with E-state index in [1.807, 2.05) is 62.6 Å². The lowest BCUT2D eigenvalue weighted by atomic mass is 10.1. The molecule has 10 nitrogen and oxygen atoms in total. The Balaban J connectivity index is 1.47. The third-order valence-electron chi connectivity index (χ3n) is 6.75. The minimum Gasteiger partial charge on any atom is -0.342 e. The van der Waals surface area contributed by atoms with Crippen LogP contribution in [0, 0.1) is 25.7 Å². The SMILES string of the molecule is Cc1ccn2nc(C)c(C(=O)N[C@H](C)c3nc4cccc(C#Cc5cnn(C)c5)c4c(=O)n3-c3ccccc3)c2n1. The Labute approximate surface area is 235 Å². The van der Waals surface area contributed by atoms with Gasteiger partial charge in [-0.25, -0.2) is 14.5 Å². The zero-order chi connectivity index (χ0) is 28.7. The molecule has 0 aliphatic rings. The number of nitrogens with one attached hydrogen (secondary N) is 1. The van der Waals surface area contributed by atoms with Crippen LogP contribution in [0.4, 0.5) is 0 Å². The third-order valence-corrected chi connectivity index (χ3v) is 6.75. The van der Waals surface area contributed by atoms with Crippen molar-refractivity contribution in [2.45, 2.75) is 26.8 Å². The van der Waals surface area contributed by atoms with Crippen LogP contribution in [0.15, 0.2) is 78.0 Å². The molecule has 0 aliphatic heterocycles. The Kier molecular flexibility index (Phi) is 6.40. The highest BCUT2D eigenvalue weighted by Crippen LogP contribution is 2.22. The van der Waals surface area contributed by atoms with Gasteiger partial charge in [-0.05, 0) is 51.1 Å². The van der Waals surface area contributed by atoms with Crippen LogP contribution in [0.3, 0.4) is 0 Å². The van der Waals surface area contributed by atoms with Crippen LogP contribution in [0.25, 0.3) is 22.2 Å². The first-order valence-corrected chi connectivity index (χ1v) is 13.1. The summed E-state index contributed by atoms with van der Waals surface area (Å²) < 4.78 is 4.79. The number of rotatable bonds is 4. The van der Waals surface area contributed by atoms with Crippen molar-refractivity contribution in [3.8, 4) is 17.5 Å². The number of carbonyl (C=O) groups is 1. The second-order valence-corrected chi connectivity index (χ2v) is 9.79. The second-order valence-electron chi connectivity index (χ2n) is 9.79. The summed E-state index contributed by atoms with van der Waals surface area (Å²) in [7, 11) is 1.82. The van der Waals surface area contributed by atoms with E-state index in [-0.39, 0.29) is 11.5 Å². The molecule has 202 valence electrons. The minimum absolute atomic E-state index is 0.280. The van der Waals surface area contributed by atoms with Crippen molar-refractivity contribution in [1.82, 2.24) is 39.2 Å². The number of hydrogen-bond donors (Lipinski definition) is 1. The Morgan fingerprint density at radius 1 is 1.00 bits per heavy atom. The Hall–Kier alpha value is -5.56. The van der Waals surface area contributed by atoms with Crippen molar-refractivity contribution in [3.05, 3.63) is 117 Å². The first kappa shape index (κ1) is 25.7. The predicted octanol–water partition coefficient (Wildman–Crippen LogP) is 3.67. The van der Waals surface area contributed by atoms with Gasteiger partial charge in [0, 0.05) is 30.7 Å². The summed E-state index contributed by atoms with van der Waals surface area (Å²) in [6, 6.07) is 15.8. The van der Waals surface area contributed by atoms with E-state index in [2.05, 4.69) is 32.3 Å². The highest BCUT2D eigenvalue weighted by Gasteiger charge is 2.24. The molecule has 1 N–H and O–H groups in total. The fourth-order valence-corrected chi connectivity index (χ4v) is 4.82. The molecule has 0 bridgehead atoms. The predicted molar refractivity (Wildman–Crippen MR) is 155 cm³/mol. The lowest BCUT2D eigenvalue weighted by Crippen LogP contribution is -2.33. The Morgan fingerprint density at radius 2 is 1.80 bits per heavy atom. The van der Waals surface area contributed by atoms with Crippen LogP contribution in [0.2, 0.25) is 0 Å². The van der Waals surface area contributed by atoms with E-state index < -0.39 is 6.04 Å². The Bertz CT molecular complexity index is 2080. The zero-order valence-electron chi connectivity index (χ0n) is 23.0. The van der Waals surface area contributed by atoms with Gasteiger partial charge in [-0.2, -0.15) is 10.2 Å². The molecule has 0 saturated carbocycles. The Morgan fingerprint density at radius 3 is 2.56 bits per heavy atom. The molecule has 1 atom stereocenters. The summed E-state index contributed by atoms with van der Waals surface area (Å²) in [4.78, 5) is 37.1. The standard InChI is InChI=1S/C31H26N8O2/c1-19-15-16-38-29(33-19)26(20(2)36-38)30(40)34-21(3)28-35-25-12-8-9-23(14-13-22-17-32-37(4)18-22)27(25)31(41)39(28)24-10-6-5-7-11-24/h5-12,15-18,21H,1-4H3,(H,34,40)/t21-/m1/s1. The van der Waals surface area contributed by atoms with Crippen molar-refractivity contribution in [2.24, 2.45) is 7.05 Å². The number of benzene rings is 2. The fourth-order valence-electron chi connectivity index (χ4n) is 4.82. The van der Waals surface area contributed by atoms with Gasteiger partial charge in [-0.1, -0.05) is 36.1 Å². The molecule has 1 amide bonds. The van der Waals surface area contributed by atoms with Gasteiger partial charge in [0.1, 0.15) is 11.4 Å². The van der Waals surface area contributed by atoms with Gasteiger partial charge >= 0.3 is 0 Å². The summed E-state index contributed by atoms with van der Waals surface area (Å²) in [6.45, 7) is 5.43. The quantitative estimate of drug-likeness (QED) is 0.340. The van der Waals surface area contributed by atoms with E-state index in [1.165, 1.54) is 4.57 Å². The molecule has 4 heterocycles. The number of carbonyl (C=O) groups excluding carboxylic acids is 1. The maximum atomic E-state index is 14.2. The lowest BCUT2D eigenvalue weighted by Gasteiger charge is -2.20. The third kappa shape index (κ3) is 4.74. The summed E-state index contributed by atoms with van der Waals surface area (Å²) in [6.07, 6.45) is 5.25. The molecule has 0 fully saturated rings. The molecule has 0 unspecified atom stereocenters. The summed E-state index contributed by atoms with van der Waals surface area (Å²) in [5.74, 6) is 6.24. The van der Waals surface area contributed by atoms with E-state index in [0.717, 1.165) is 11.3 Å². The van der Waals surface area contributed by atoms with E-state index in [0.29, 0.717) is 44.9 Å². The molecule has 41 heavy (non-hydrogen) atoms. The second kappa shape index (κ2) is 10.2. The molecule has 0 aliphatic carbocycles. The molecule has 2 aromatic carbocycles. The van der Waals surface area contributed by atoms with E-state index in [1.54, 1.807) is 47.6 Å². The molecular weight excluding hydrogens is 516 g/mol. The number of fused-ring (bicyclic) bond motifs is 2. The van der Waals surface area contributed by atoms with Gasteiger partial charge < -0.3 is 5.32 Å². The van der Waals surface area contributed by atoms with E-state index >= 15 is 0 Å².